The Hall–Kier alpha value is -0.900. The van der Waals surface area contributed by atoms with E-state index in [2.05, 4.69) is 0 Å². The molecule has 10 heteroatoms. The quantitative estimate of drug-likeness (QED) is 0.200. The summed E-state index contributed by atoms with van der Waals surface area (Å²) in [5, 5.41) is -6.84. The Kier molecular flexibility index (Phi) is 11.3. The topological polar surface area (TPSA) is 63.7 Å². The molecule has 0 saturated carbocycles. The van der Waals surface area contributed by atoms with E-state index in [4.69, 9.17) is 4.74 Å². The Labute approximate surface area is 178 Å². The predicted octanol–water partition coefficient (Wildman–Crippen LogP) is 5.25. The minimum atomic E-state index is -5.40. The standard InChI is InChI=1S/C20H37F4NO4S/c1-7-25(8-2)16(3)30(27,28)20(23,24)19(21,22)14-12-10-9-11-13-15-29-17(26)18(4,5)6/h16H,7-15H2,1-6H3. The van der Waals surface area contributed by atoms with Crippen LogP contribution in [0.2, 0.25) is 0 Å². The largest absolute Gasteiger partial charge is 0.465 e. The summed E-state index contributed by atoms with van der Waals surface area (Å²) in [7, 11) is -5.40. The molecule has 30 heavy (non-hydrogen) atoms. The first-order valence-electron chi connectivity index (χ1n) is 10.5. The predicted molar refractivity (Wildman–Crippen MR) is 109 cm³/mol. The summed E-state index contributed by atoms with van der Waals surface area (Å²) in [6, 6.07) is 0. The molecule has 0 N–H and O–H groups in total. The van der Waals surface area contributed by atoms with Gasteiger partial charge in [0.1, 0.15) is 5.37 Å². The summed E-state index contributed by atoms with van der Waals surface area (Å²) < 4.78 is 86.3. The van der Waals surface area contributed by atoms with E-state index in [1.54, 1.807) is 34.6 Å². The fourth-order valence-electron chi connectivity index (χ4n) is 2.86. The van der Waals surface area contributed by atoms with E-state index in [1.165, 1.54) is 4.90 Å². The zero-order chi connectivity index (χ0) is 23.8. The maximum Gasteiger partial charge on any atom is 0.408 e. The fourth-order valence-corrected chi connectivity index (χ4v) is 4.50. The first kappa shape index (κ1) is 29.1. The zero-order valence-electron chi connectivity index (χ0n) is 18.9. The van der Waals surface area contributed by atoms with Gasteiger partial charge in [0.2, 0.25) is 9.84 Å². The first-order valence-corrected chi connectivity index (χ1v) is 12.0. The van der Waals surface area contributed by atoms with E-state index in [0.717, 1.165) is 6.92 Å². The highest BCUT2D eigenvalue weighted by atomic mass is 32.2. The molecular weight excluding hydrogens is 426 g/mol. The number of hydrogen-bond acceptors (Lipinski definition) is 5. The van der Waals surface area contributed by atoms with Crippen molar-refractivity contribution in [2.45, 2.75) is 96.6 Å². The van der Waals surface area contributed by atoms with Gasteiger partial charge in [0.25, 0.3) is 0 Å². The molecule has 0 rings (SSSR count). The summed E-state index contributed by atoms with van der Waals surface area (Å²) in [5.41, 5.74) is -0.597. The number of ether oxygens (including phenoxy) is 1. The van der Waals surface area contributed by atoms with E-state index in [1.807, 2.05) is 0 Å². The number of rotatable bonds is 14. The number of sulfone groups is 1. The molecule has 0 heterocycles. The molecule has 0 aliphatic heterocycles. The molecule has 0 saturated heterocycles. The average molecular weight is 464 g/mol. The van der Waals surface area contributed by atoms with Gasteiger partial charge < -0.3 is 4.74 Å². The lowest BCUT2D eigenvalue weighted by Gasteiger charge is -2.33. The van der Waals surface area contributed by atoms with Gasteiger partial charge in [0, 0.05) is 6.42 Å². The van der Waals surface area contributed by atoms with Crippen molar-refractivity contribution >= 4 is 15.8 Å². The number of esters is 1. The molecule has 0 aliphatic rings. The molecule has 0 aromatic heterocycles. The smallest absolute Gasteiger partial charge is 0.408 e. The Morgan fingerprint density at radius 2 is 1.40 bits per heavy atom. The normalized spacial score (nSPS) is 14.8. The van der Waals surface area contributed by atoms with Crippen LogP contribution in [0.25, 0.3) is 0 Å². The number of alkyl halides is 4. The van der Waals surface area contributed by atoms with Crippen LogP contribution in [0.4, 0.5) is 17.6 Å². The van der Waals surface area contributed by atoms with Crippen LogP contribution in [0.3, 0.4) is 0 Å². The van der Waals surface area contributed by atoms with Gasteiger partial charge >= 0.3 is 17.1 Å². The van der Waals surface area contributed by atoms with Gasteiger partial charge in [0.15, 0.2) is 0 Å². The molecule has 0 fully saturated rings. The van der Waals surface area contributed by atoms with E-state index in [0.29, 0.717) is 19.3 Å². The van der Waals surface area contributed by atoms with Gasteiger partial charge in [-0.25, -0.2) is 8.42 Å². The second kappa shape index (κ2) is 11.6. The molecule has 0 amide bonds. The van der Waals surface area contributed by atoms with Crippen LogP contribution in [0, 0.1) is 5.41 Å². The summed E-state index contributed by atoms with van der Waals surface area (Å²) in [5.74, 6) is -4.97. The SMILES string of the molecule is CCN(CC)C(C)S(=O)(=O)C(F)(F)C(F)(F)CCCCCCCOC(=O)C(C)(C)C. The number of carbonyl (C=O) groups is 1. The van der Waals surface area contributed by atoms with Crippen LogP contribution in [0.1, 0.15) is 80.1 Å². The van der Waals surface area contributed by atoms with Crippen LogP contribution in [-0.4, -0.2) is 55.5 Å². The summed E-state index contributed by atoms with van der Waals surface area (Å²) in [6.07, 6.45) is 0.464. The van der Waals surface area contributed by atoms with Crippen LogP contribution >= 0.6 is 0 Å². The fraction of sp³-hybridized carbons (Fsp3) is 0.950. The molecule has 1 unspecified atom stereocenters. The third-order valence-electron chi connectivity index (χ3n) is 5.04. The Bertz CT molecular complexity index is 629. The van der Waals surface area contributed by atoms with E-state index in [9.17, 15) is 30.8 Å². The number of carbonyl (C=O) groups excluding carboxylic acids is 1. The Morgan fingerprint density at radius 1 is 0.933 bits per heavy atom. The third kappa shape index (κ3) is 7.66. The highest BCUT2D eigenvalue weighted by Crippen LogP contribution is 2.44. The van der Waals surface area contributed by atoms with Crippen molar-refractivity contribution in [3.63, 3.8) is 0 Å². The Balaban J connectivity index is 4.55. The van der Waals surface area contributed by atoms with Crippen molar-refractivity contribution in [2.75, 3.05) is 19.7 Å². The summed E-state index contributed by atoms with van der Waals surface area (Å²) >= 11 is 0. The van der Waals surface area contributed by atoms with Crippen LogP contribution in [0.15, 0.2) is 0 Å². The minimum Gasteiger partial charge on any atom is -0.465 e. The molecule has 0 radical (unpaired) electrons. The number of hydrogen-bond donors (Lipinski definition) is 0. The molecule has 0 bridgehead atoms. The minimum absolute atomic E-state index is 0.156. The van der Waals surface area contributed by atoms with Gasteiger partial charge in [-0.2, -0.15) is 17.6 Å². The first-order chi connectivity index (χ1) is 13.6. The van der Waals surface area contributed by atoms with Gasteiger partial charge in [-0.15, -0.1) is 0 Å². The molecule has 0 aromatic rings. The lowest BCUT2D eigenvalue weighted by Crippen LogP contribution is -2.54. The van der Waals surface area contributed by atoms with Crippen molar-refractivity contribution in [2.24, 2.45) is 5.41 Å². The average Bonchev–Trinajstić information content (AvgIpc) is 2.63. The monoisotopic (exact) mass is 463 g/mol. The maximum absolute atomic E-state index is 14.3. The number of nitrogens with zero attached hydrogens (tertiary/aromatic N) is 1. The number of halogens is 4. The third-order valence-corrected chi connectivity index (χ3v) is 7.25. The van der Waals surface area contributed by atoms with Crippen molar-refractivity contribution in [1.29, 1.82) is 0 Å². The molecule has 5 nitrogen and oxygen atoms in total. The van der Waals surface area contributed by atoms with E-state index in [-0.39, 0.29) is 38.5 Å². The van der Waals surface area contributed by atoms with Gasteiger partial charge in [-0.05, 0) is 53.6 Å². The highest BCUT2D eigenvalue weighted by molar-refractivity contribution is 7.93. The van der Waals surface area contributed by atoms with Crippen molar-refractivity contribution < 1.29 is 35.5 Å². The molecular formula is C20H37F4NO4S. The lowest BCUT2D eigenvalue weighted by atomic mass is 9.97. The second-order valence-corrected chi connectivity index (χ2v) is 10.8. The van der Waals surface area contributed by atoms with Gasteiger partial charge in [0.05, 0.1) is 12.0 Å². The van der Waals surface area contributed by atoms with Crippen molar-refractivity contribution in [1.82, 2.24) is 4.90 Å². The second-order valence-electron chi connectivity index (χ2n) is 8.49. The Morgan fingerprint density at radius 3 is 1.87 bits per heavy atom. The molecule has 0 spiro atoms. The van der Waals surface area contributed by atoms with E-state index >= 15 is 0 Å². The van der Waals surface area contributed by atoms with Crippen molar-refractivity contribution in [3.8, 4) is 0 Å². The molecule has 180 valence electrons. The highest BCUT2D eigenvalue weighted by Gasteiger charge is 2.66. The summed E-state index contributed by atoms with van der Waals surface area (Å²) in [4.78, 5) is 12.8. The van der Waals surface area contributed by atoms with Crippen LogP contribution in [0.5, 0.6) is 0 Å². The zero-order valence-corrected chi connectivity index (χ0v) is 19.8. The molecule has 0 aliphatic carbocycles. The van der Waals surface area contributed by atoms with Crippen LogP contribution in [-0.2, 0) is 19.4 Å². The lowest BCUT2D eigenvalue weighted by molar-refractivity contribution is -0.162. The number of unbranched alkanes of at least 4 members (excludes halogenated alkanes) is 4. The summed E-state index contributed by atoms with van der Waals surface area (Å²) in [6.45, 7) is 9.89. The maximum atomic E-state index is 14.3. The van der Waals surface area contributed by atoms with E-state index < -0.39 is 38.2 Å². The van der Waals surface area contributed by atoms with Crippen molar-refractivity contribution in [3.05, 3.63) is 0 Å². The molecule has 0 aromatic carbocycles. The molecule has 1 atom stereocenters. The van der Waals surface area contributed by atoms with Gasteiger partial charge in [-0.1, -0.05) is 33.1 Å². The van der Waals surface area contributed by atoms with Gasteiger partial charge in [-0.3, -0.25) is 9.69 Å². The van der Waals surface area contributed by atoms with Crippen LogP contribution < -0.4 is 0 Å².